The molecule has 2 rings (SSSR count). The predicted molar refractivity (Wildman–Crippen MR) is 121 cm³/mol. The van der Waals surface area contributed by atoms with Crippen LogP contribution in [0, 0.1) is 13.8 Å². The number of nitrogens with one attached hydrogen (secondary N) is 2. The summed E-state index contributed by atoms with van der Waals surface area (Å²) >= 11 is 6.50. The highest BCUT2D eigenvalue weighted by atomic mass is 35.5. The molecule has 1 aromatic carbocycles. The number of aryl methyl sites for hydroxylation is 2. The van der Waals surface area contributed by atoms with Gasteiger partial charge >= 0.3 is 0 Å². The van der Waals surface area contributed by atoms with Gasteiger partial charge in [0.05, 0.1) is 11.7 Å². The molecular weight excluding hydrogens is 386 g/mol. The predicted octanol–water partition coefficient (Wildman–Crippen LogP) is 4.30. The number of rotatable bonds is 9. The molecular formula is C22H34ClN5O. The molecule has 2 aromatic rings. The third-order valence-electron chi connectivity index (χ3n) is 5.36. The molecule has 6 nitrogen and oxygen atoms in total. The van der Waals surface area contributed by atoms with Crippen LogP contribution in [0.3, 0.4) is 0 Å². The highest BCUT2D eigenvalue weighted by Gasteiger charge is 2.21. The molecule has 0 bridgehead atoms. The zero-order chi connectivity index (χ0) is 21.4. The summed E-state index contributed by atoms with van der Waals surface area (Å²) in [4.78, 5) is 6.79. The second-order valence-corrected chi connectivity index (χ2v) is 7.64. The van der Waals surface area contributed by atoms with Gasteiger partial charge in [0.25, 0.3) is 0 Å². The van der Waals surface area contributed by atoms with E-state index in [0.717, 1.165) is 53.2 Å². The molecule has 2 atom stereocenters. The number of likely N-dealkylation sites (N-methyl/N-ethyl adjacent to an activating group) is 1. The van der Waals surface area contributed by atoms with E-state index in [-0.39, 0.29) is 12.0 Å². The monoisotopic (exact) mass is 419 g/mol. The number of aliphatic imine (C=N–C) groups is 1. The molecule has 2 unspecified atom stereocenters. The summed E-state index contributed by atoms with van der Waals surface area (Å²) in [7, 11) is 1.79. The average Bonchev–Trinajstić information content (AvgIpc) is 3.06. The van der Waals surface area contributed by atoms with Gasteiger partial charge < -0.3 is 15.2 Å². The highest BCUT2D eigenvalue weighted by molar-refractivity contribution is 6.31. The van der Waals surface area contributed by atoms with E-state index in [0.29, 0.717) is 6.54 Å². The fourth-order valence-corrected chi connectivity index (χ4v) is 4.07. The third kappa shape index (κ3) is 5.97. The summed E-state index contributed by atoms with van der Waals surface area (Å²) in [5.41, 5.74) is 3.23. The molecule has 0 amide bonds. The van der Waals surface area contributed by atoms with Crippen LogP contribution >= 0.6 is 11.6 Å². The fourth-order valence-electron chi connectivity index (χ4n) is 3.80. The Morgan fingerprint density at radius 2 is 1.83 bits per heavy atom. The normalized spacial score (nSPS) is 14.1. The van der Waals surface area contributed by atoms with Crippen molar-refractivity contribution in [3.63, 3.8) is 0 Å². The van der Waals surface area contributed by atoms with Gasteiger partial charge in [0.15, 0.2) is 5.96 Å². The van der Waals surface area contributed by atoms with Gasteiger partial charge in [-0.15, -0.1) is 0 Å². The largest absolute Gasteiger partial charge is 0.361 e. The molecule has 2 N–H and O–H groups in total. The van der Waals surface area contributed by atoms with Crippen molar-refractivity contribution in [3.05, 3.63) is 51.9 Å². The van der Waals surface area contributed by atoms with Gasteiger partial charge in [0, 0.05) is 36.6 Å². The summed E-state index contributed by atoms with van der Waals surface area (Å²) < 4.78 is 5.30. The number of aromatic nitrogens is 1. The van der Waals surface area contributed by atoms with Gasteiger partial charge in [-0.3, -0.25) is 9.89 Å². The van der Waals surface area contributed by atoms with Crippen LogP contribution in [0.1, 0.15) is 55.3 Å². The van der Waals surface area contributed by atoms with Crippen molar-refractivity contribution < 1.29 is 4.52 Å². The van der Waals surface area contributed by atoms with Crippen LogP contribution in [-0.4, -0.2) is 49.2 Å². The minimum Gasteiger partial charge on any atom is -0.361 e. The van der Waals surface area contributed by atoms with Gasteiger partial charge in [0.1, 0.15) is 5.76 Å². The van der Waals surface area contributed by atoms with Crippen molar-refractivity contribution in [2.75, 3.05) is 33.2 Å². The number of halogens is 1. The maximum absolute atomic E-state index is 6.50. The van der Waals surface area contributed by atoms with Gasteiger partial charge in [-0.25, -0.2) is 0 Å². The Kier molecular flexibility index (Phi) is 8.99. The zero-order valence-electron chi connectivity index (χ0n) is 18.4. The Balaban J connectivity index is 2.04. The first-order valence-corrected chi connectivity index (χ1v) is 10.7. The van der Waals surface area contributed by atoms with Crippen molar-refractivity contribution in [1.29, 1.82) is 0 Å². The lowest BCUT2D eigenvalue weighted by atomic mass is 10.00. The molecule has 0 aliphatic rings. The number of guanidine groups is 1. The second kappa shape index (κ2) is 11.2. The summed E-state index contributed by atoms with van der Waals surface area (Å²) in [5, 5.41) is 11.8. The first kappa shape index (κ1) is 23.2. The maximum atomic E-state index is 6.50. The smallest absolute Gasteiger partial charge is 0.191 e. The van der Waals surface area contributed by atoms with Gasteiger partial charge in [-0.05, 0) is 38.6 Å². The van der Waals surface area contributed by atoms with E-state index in [1.807, 2.05) is 32.0 Å². The van der Waals surface area contributed by atoms with Crippen LogP contribution in [0.5, 0.6) is 0 Å². The SMILES string of the molecule is CCN(CC)C(CNC(=NC)NCC(C)c1c(C)noc1C)c1ccccc1Cl. The fraction of sp³-hybridized carbons (Fsp3) is 0.545. The molecule has 1 heterocycles. The quantitative estimate of drug-likeness (QED) is 0.468. The molecule has 7 heteroatoms. The molecule has 29 heavy (non-hydrogen) atoms. The number of hydrogen-bond donors (Lipinski definition) is 2. The minimum atomic E-state index is 0.164. The Morgan fingerprint density at radius 1 is 1.17 bits per heavy atom. The zero-order valence-corrected chi connectivity index (χ0v) is 19.2. The van der Waals surface area contributed by atoms with E-state index in [4.69, 9.17) is 16.1 Å². The number of benzene rings is 1. The topological polar surface area (TPSA) is 65.7 Å². The van der Waals surface area contributed by atoms with Crippen LogP contribution in [0.25, 0.3) is 0 Å². The van der Waals surface area contributed by atoms with Crippen LogP contribution in [0.2, 0.25) is 5.02 Å². The van der Waals surface area contributed by atoms with Crippen molar-refractivity contribution in [2.24, 2.45) is 4.99 Å². The van der Waals surface area contributed by atoms with Gasteiger partial charge in [-0.2, -0.15) is 0 Å². The summed E-state index contributed by atoms with van der Waals surface area (Å²) in [6.45, 7) is 13.8. The summed E-state index contributed by atoms with van der Waals surface area (Å²) in [6, 6.07) is 8.22. The lowest BCUT2D eigenvalue weighted by Gasteiger charge is -2.31. The van der Waals surface area contributed by atoms with E-state index in [9.17, 15) is 0 Å². The number of nitrogens with zero attached hydrogens (tertiary/aromatic N) is 3. The van der Waals surface area contributed by atoms with Crippen molar-refractivity contribution in [3.8, 4) is 0 Å². The Labute approximate surface area is 179 Å². The van der Waals surface area contributed by atoms with E-state index in [1.54, 1.807) is 7.05 Å². The molecule has 0 saturated heterocycles. The molecule has 160 valence electrons. The van der Waals surface area contributed by atoms with Crippen molar-refractivity contribution in [2.45, 2.75) is 46.6 Å². The molecule has 0 aliphatic carbocycles. The van der Waals surface area contributed by atoms with Crippen molar-refractivity contribution >= 4 is 17.6 Å². The van der Waals surface area contributed by atoms with E-state index in [1.165, 1.54) is 0 Å². The summed E-state index contributed by atoms with van der Waals surface area (Å²) in [6.07, 6.45) is 0. The maximum Gasteiger partial charge on any atom is 0.191 e. The Morgan fingerprint density at radius 3 is 2.38 bits per heavy atom. The first-order chi connectivity index (χ1) is 13.9. The van der Waals surface area contributed by atoms with Gasteiger partial charge in [-0.1, -0.05) is 55.7 Å². The minimum absolute atomic E-state index is 0.164. The lowest BCUT2D eigenvalue weighted by Crippen LogP contribution is -2.44. The molecule has 0 spiro atoms. The molecule has 1 aromatic heterocycles. The van der Waals surface area contributed by atoms with E-state index in [2.05, 4.69) is 52.5 Å². The lowest BCUT2D eigenvalue weighted by molar-refractivity contribution is 0.219. The average molecular weight is 420 g/mol. The standard InChI is InChI=1S/C22H34ClN5O/c1-7-28(8-2)20(18-11-9-10-12-19(18)23)14-26-22(24-6)25-13-15(3)21-16(4)27-29-17(21)5/h9-12,15,20H,7-8,13-14H2,1-6H3,(H2,24,25,26). The first-order valence-electron chi connectivity index (χ1n) is 10.3. The van der Waals surface area contributed by atoms with E-state index < -0.39 is 0 Å². The van der Waals surface area contributed by atoms with E-state index >= 15 is 0 Å². The van der Waals surface area contributed by atoms with Crippen molar-refractivity contribution in [1.82, 2.24) is 20.7 Å². The Bertz CT molecular complexity index is 781. The second-order valence-electron chi connectivity index (χ2n) is 7.23. The molecule has 0 radical (unpaired) electrons. The third-order valence-corrected chi connectivity index (χ3v) is 5.71. The Hall–Kier alpha value is -2.05. The van der Waals surface area contributed by atoms with Crippen LogP contribution in [-0.2, 0) is 0 Å². The van der Waals surface area contributed by atoms with Gasteiger partial charge in [0.2, 0.25) is 0 Å². The highest BCUT2D eigenvalue weighted by Crippen LogP contribution is 2.27. The molecule has 0 saturated carbocycles. The van der Waals surface area contributed by atoms with Crippen LogP contribution in [0.15, 0.2) is 33.8 Å². The summed E-state index contributed by atoms with van der Waals surface area (Å²) in [5.74, 6) is 1.91. The van der Waals surface area contributed by atoms with Crippen LogP contribution in [0.4, 0.5) is 0 Å². The molecule has 0 aliphatic heterocycles. The number of hydrogen-bond acceptors (Lipinski definition) is 4. The molecule has 0 fully saturated rings. The van der Waals surface area contributed by atoms with Crippen LogP contribution < -0.4 is 10.6 Å².